The molecule has 0 amide bonds. The predicted molar refractivity (Wildman–Crippen MR) is 86.6 cm³/mol. The Morgan fingerprint density at radius 3 is 2.75 bits per heavy atom. The molecule has 7 heteroatoms. The average Bonchev–Trinajstić information content (AvgIpc) is 2.93. The number of imidazole rings is 1. The summed E-state index contributed by atoms with van der Waals surface area (Å²) in [5.74, 6) is -0.834. The van der Waals surface area contributed by atoms with Crippen LogP contribution in [0.25, 0.3) is 11.0 Å². The molecule has 3 N–H and O–H groups in total. The molecule has 0 aliphatic carbocycles. The number of aromatic nitrogens is 2. The Hall–Kier alpha value is -2.51. The van der Waals surface area contributed by atoms with Gasteiger partial charge in [0.2, 0.25) is 5.95 Å². The van der Waals surface area contributed by atoms with Gasteiger partial charge in [-0.25, -0.2) is 13.8 Å². The van der Waals surface area contributed by atoms with E-state index in [0.717, 1.165) is 23.7 Å². The maximum Gasteiger partial charge on any atom is 0.204 e. The molecule has 1 atom stereocenters. The first-order valence-electron chi connectivity index (χ1n) is 7.53. The first-order valence-corrected chi connectivity index (χ1v) is 7.53. The quantitative estimate of drug-likeness (QED) is 0.648. The molecule has 0 spiro atoms. The van der Waals surface area contributed by atoms with Crippen molar-refractivity contribution in [2.24, 2.45) is 0 Å². The zero-order valence-electron chi connectivity index (χ0n) is 12.8. The van der Waals surface area contributed by atoms with E-state index in [0.29, 0.717) is 11.5 Å². The maximum absolute atomic E-state index is 13.9. The van der Waals surface area contributed by atoms with Crippen LogP contribution in [0.15, 0.2) is 42.5 Å². The molecule has 5 nitrogen and oxygen atoms in total. The number of hydrogen-bond acceptors (Lipinski definition) is 4. The van der Waals surface area contributed by atoms with Crippen LogP contribution >= 0.6 is 0 Å². The van der Waals surface area contributed by atoms with E-state index in [-0.39, 0.29) is 25.3 Å². The van der Waals surface area contributed by atoms with Crippen molar-refractivity contribution in [3.8, 4) is 0 Å². The summed E-state index contributed by atoms with van der Waals surface area (Å²) >= 11 is 0. The topological polar surface area (TPSA) is 70.3 Å². The fourth-order valence-corrected chi connectivity index (χ4v) is 2.60. The maximum atomic E-state index is 13.9. The van der Waals surface area contributed by atoms with Crippen molar-refractivity contribution >= 4 is 17.0 Å². The van der Waals surface area contributed by atoms with Crippen molar-refractivity contribution in [3.63, 3.8) is 0 Å². The highest BCUT2D eigenvalue weighted by Crippen LogP contribution is 2.25. The lowest BCUT2D eigenvalue weighted by Crippen LogP contribution is -2.15. The first kappa shape index (κ1) is 16.4. The molecule has 0 aliphatic rings. The molecule has 0 saturated heterocycles. The highest BCUT2D eigenvalue weighted by Gasteiger charge is 2.18. The van der Waals surface area contributed by atoms with E-state index in [4.69, 9.17) is 5.11 Å². The van der Waals surface area contributed by atoms with E-state index in [1.54, 1.807) is 4.57 Å². The van der Waals surface area contributed by atoms with Gasteiger partial charge in [-0.15, -0.1) is 0 Å². The van der Waals surface area contributed by atoms with Crippen LogP contribution in [0.5, 0.6) is 0 Å². The van der Waals surface area contributed by atoms with Crippen LogP contribution in [-0.2, 0) is 6.54 Å². The zero-order chi connectivity index (χ0) is 17.1. The van der Waals surface area contributed by atoms with Crippen molar-refractivity contribution in [2.45, 2.75) is 12.6 Å². The molecule has 0 radical (unpaired) electrons. The number of rotatable bonds is 6. The smallest absolute Gasteiger partial charge is 0.204 e. The summed E-state index contributed by atoms with van der Waals surface area (Å²) in [7, 11) is 0. The minimum absolute atomic E-state index is 0.00531. The lowest BCUT2D eigenvalue weighted by atomic mass is 10.1. The minimum Gasteiger partial charge on any atom is -0.395 e. The van der Waals surface area contributed by atoms with Crippen LogP contribution in [0, 0.1) is 11.6 Å². The molecule has 3 rings (SSSR count). The molecular weight excluding hydrogens is 316 g/mol. The molecule has 2 aromatic carbocycles. The summed E-state index contributed by atoms with van der Waals surface area (Å²) in [6.07, 6.45) is -1.24. The molecule has 1 aromatic heterocycles. The molecule has 1 heterocycles. The highest BCUT2D eigenvalue weighted by atomic mass is 19.1. The average molecular weight is 333 g/mol. The van der Waals surface area contributed by atoms with Crippen molar-refractivity contribution < 1.29 is 19.0 Å². The Labute approximate surface area is 137 Å². The fourth-order valence-electron chi connectivity index (χ4n) is 2.60. The first-order chi connectivity index (χ1) is 11.6. The molecule has 3 aromatic rings. The number of anilines is 1. The molecule has 0 unspecified atom stereocenters. The van der Waals surface area contributed by atoms with Gasteiger partial charge >= 0.3 is 0 Å². The molecule has 126 valence electrons. The molecule has 0 bridgehead atoms. The number of para-hydroxylation sites is 2. The van der Waals surface area contributed by atoms with Gasteiger partial charge in [-0.2, -0.15) is 0 Å². The second-order valence-corrected chi connectivity index (χ2v) is 5.37. The number of fused-ring (bicyclic) bond motifs is 1. The lowest BCUT2D eigenvalue weighted by molar-refractivity contribution is 0.153. The third-order valence-electron chi connectivity index (χ3n) is 3.72. The van der Waals surface area contributed by atoms with E-state index in [9.17, 15) is 13.9 Å². The van der Waals surface area contributed by atoms with Crippen molar-refractivity contribution in [3.05, 3.63) is 59.7 Å². The third kappa shape index (κ3) is 3.22. The van der Waals surface area contributed by atoms with E-state index in [1.807, 2.05) is 24.3 Å². The molecule has 0 fully saturated rings. The van der Waals surface area contributed by atoms with Crippen molar-refractivity contribution in [2.75, 3.05) is 18.5 Å². The summed E-state index contributed by atoms with van der Waals surface area (Å²) in [5, 5.41) is 22.3. The van der Waals surface area contributed by atoms with Crippen LogP contribution in [0.3, 0.4) is 0 Å². The van der Waals surface area contributed by atoms with Gasteiger partial charge in [0.15, 0.2) is 0 Å². The summed E-state index contributed by atoms with van der Waals surface area (Å²) < 4.78 is 28.9. The Bertz CT molecular complexity index is 851. The van der Waals surface area contributed by atoms with Gasteiger partial charge in [-0.3, -0.25) is 0 Å². The fraction of sp³-hybridized carbons (Fsp3) is 0.235. The summed E-state index contributed by atoms with van der Waals surface area (Å²) in [4.78, 5) is 4.40. The predicted octanol–water partition coefficient (Wildman–Crippen LogP) is 2.45. The normalized spacial score (nSPS) is 12.5. The summed E-state index contributed by atoms with van der Waals surface area (Å²) in [6, 6.07) is 10.3. The van der Waals surface area contributed by atoms with Crippen LogP contribution in [0.2, 0.25) is 0 Å². The third-order valence-corrected chi connectivity index (χ3v) is 3.72. The highest BCUT2D eigenvalue weighted by molar-refractivity contribution is 5.78. The Morgan fingerprint density at radius 1 is 1.17 bits per heavy atom. The molecule has 0 saturated carbocycles. The number of aliphatic hydroxyl groups is 2. The molecule has 24 heavy (non-hydrogen) atoms. The van der Waals surface area contributed by atoms with Crippen molar-refractivity contribution in [1.82, 2.24) is 9.55 Å². The van der Waals surface area contributed by atoms with Crippen LogP contribution in [-0.4, -0.2) is 32.9 Å². The molecular formula is C17H17F2N3O2. The van der Waals surface area contributed by atoms with Gasteiger partial charge in [0.05, 0.1) is 30.3 Å². The second-order valence-electron chi connectivity index (χ2n) is 5.37. The number of nitrogens with one attached hydrogen (secondary N) is 1. The van der Waals surface area contributed by atoms with Crippen LogP contribution in [0.1, 0.15) is 11.7 Å². The van der Waals surface area contributed by atoms with E-state index in [1.165, 1.54) is 0 Å². The van der Waals surface area contributed by atoms with Crippen LogP contribution < -0.4 is 5.32 Å². The standard InChI is InChI=1S/C17H17F2N3O2/c18-11-5-6-13(19)12(9-11)16(24)10-22-15-4-2-1-3-14(15)21-17(22)20-7-8-23/h1-6,9,16,23-24H,7-8,10H2,(H,20,21)/t16-/m0/s1. The SMILES string of the molecule is OCCNc1nc2ccccc2n1C[C@H](O)c1cc(F)ccc1F. The number of aliphatic hydroxyl groups excluding tert-OH is 2. The second kappa shape index (κ2) is 6.94. The van der Waals surface area contributed by atoms with E-state index >= 15 is 0 Å². The van der Waals surface area contributed by atoms with Gasteiger partial charge in [-0.05, 0) is 30.3 Å². The number of hydrogen-bond donors (Lipinski definition) is 3. The number of benzene rings is 2. The Kier molecular flexibility index (Phi) is 4.73. The Balaban J connectivity index is 1.97. The monoisotopic (exact) mass is 333 g/mol. The van der Waals surface area contributed by atoms with Gasteiger partial charge < -0.3 is 20.1 Å². The Morgan fingerprint density at radius 2 is 1.96 bits per heavy atom. The van der Waals surface area contributed by atoms with Gasteiger partial charge in [0.25, 0.3) is 0 Å². The number of nitrogens with zero attached hydrogens (tertiary/aromatic N) is 2. The van der Waals surface area contributed by atoms with Crippen LogP contribution in [0.4, 0.5) is 14.7 Å². The summed E-state index contributed by atoms with van der Waals surface area (Å²) in [6.45, 7) is 0.201. The lowest BCUT2D eigenvalue weighted by Gasteiger charge is -2.16. The minimum atomic E-state index is -1.24. The van der Waals surface area contributed by atoms with Gasteiger partial charge in [0.1, 0.15) is 11.6 Å². The van der Waals surface area contributed by atoms with Gasteiger partial charge in [-0.1, -0.05) is 12.1 Å². The number of halogens is 2. The summed E-state index contributed by atoms with van der Waals surface area (Å²) in [5.41, 5.74) is 1.33. The van der Waals surface area contributed by atoms with E-state index < -0.39 is 17.7 Å². The molecule has 0 aliphatic heterocycles. The van der Waals surface area contributed by atoms with Crippen molar-refractivity contribution in [1.29, 1.82) is 0 Å². The largest absolute Gasteiger partial charge is 0.395 e. The van der Waals surface area contributed by atoms with E-state index in [2.05, 4.69) is 10.3 Å². The van der Waals surface area contributed by atoms with Gasteiger partial charge in [0, 0.05) is 12.1 Å². The zero-order valence-corrected chi connectivity index (χ0v) is 12.8.